The molecule has 4 heterocycles. The van der Waals surface area contributed by atoms with Crippen LogP contribution in [-0.4, -0.2) is 85.1 Å². The summed E-state index contributed by atoms with van der Waals surface area (Å²) in [6.45, 7) is 12.6. The summed E-state index contributed by atoms with van der Waals surface area (Å²) < 4.78 is 5.52. The third-order valence-corrected chi connectivity index (χ3v) is 5.78. The molecule has 2 fully saturated rings. The Kier molecular flexibility index (Phi) is 5.45. The third-order valence-electron chi connectivity index (χ3n) is 5.78. The molecule has 0 saturated carbocycles. The van der Waals surface area contributed by atoms with Crippen molar-refractivity contribution in [3.63, 3.8) is 0 Å². The number of likely N-dealkylation sites (N-methyl/N-ethyl adjacent to an activating group) is 1. The normalized spacial score (nSPS) is 18.4. The van der Waals surface area contributed by atoms with Crippen LogP contribution in [0, 0.1) is 20.8 Å². The van der Waals surface area contributed by atoms with Crippen LogP contribution in [0.15, 0.2) is 16.5 Å². The van der Waals surface area contributed by atoms with Crippen LogP contribution in [0.4, 0.5) is 11.8 Å². The topological polar surface area (TPSA) is 69.0 Å². The van der Waals surface area contributed by atoms with Gasteiger partial charge in [-0.25, -0.2) is 4.98 Å². The summed E-state index contributed by atoms with van der Waals surface area (Å²) >= 11 is 0. The Balaban J connectivity index is 1.43. The zero-order valence-electron chi connectivity index (χ0n) is 17.8. The quantitative estimate of drug-likeness (QED) is 0.780. The zero-order valence-corrected chi connectivity index (χ0v) is 17.8. The van der Waals surface area contributed by atoms with E-state index in [0.717, 1.165) is 62.5 Å². The summed E-state index contributed by atoms with van der Waals surface area (Å²) in [4.78, 5) is 31.1. The molecule has 2 aromatic heterocycles. The highest BCUT2D eigenvalue weighted by Crippen LogP contribution is 2.21. The van der Waals surface area contributed by atoms with Gasteiger partial charge < -0.3 is 24.0 Å². The van der Waals surface area contributed by atoms with Gasteiger partial charge in [-0.15, -0.1) is 0 Å². The number of piperazine rings is 2. The molecule has 0 bridgehead atoms. The van der Waals surface area contributed by atoms with Crippen molar-refractivity contribution in [3.05, 3.63) is 34.9 Å². The fourth-order valence-corrected chi connectivity index (χ4v) is 4.00. The Morgan fingerprint density at radius 2 is 1.55 bits per heavy atom. The number of nitrogens with zero attached hydrogens (tertiary/aromatic N) is 6. The molecule has 156 valence electrons. The first kappa shape index (κ1) is 19.7. The van der Waals surface area contributed by atoms with E-state index in [0.29, 0.717) is 24.4 Å². The van der Waals surface area contributed by atoms with Crippen molar-refractivity contribution in [1.82, 2.24) is 19.8 Å². The number of rotatable bonds is 3. The molecule has 4 rings (SSSR count). The van der Waals surface area contributed by atoms with E-state index in [4.69, 9.17) is 9.40 Å². The largest absolute Gasteiger partial charge is 0.466 e. The molecular formula is C21H30N6O2. The number of carbonyl (C=O) groups is 1. The fourth-order valence-electron chi connectivity index (χ4n) is 4.00. The number of amides is 1. The first-order valence-corrected chi connectivity index (χ1v) is 10.3. The molecule has 0 aromatic carbocycles. The summed E-state index contributed by atoms with van der Waals surface area (Å²) in [5.41, 5.74) is 1.65. The van der Waals surface area contributed by atoms with Crippen molar-refractivity contribution >= 4 is 17.7 Å². The molecule has 0 radical (unpaired) electrons. The molecule has 0 atom stereocenters. The van der Waals surface area contributed by atoms with Gasteiger partial charge in [0.1, 0.15) is 17.3 Å². The average molecular weight is 399 g/mol. The molecule has 2 aliphatic rings. The van der Waals surface area contributed by atoms with E-state index in [1.165, 1.54) is 0 Å². The van der Waals surface area contributed by atoms with Gasteiger partial charge in [-0.3, -0.25) is 4.79 Å². The van der Waals surface area contributed by atoms with Crippen molar-refractivity contribution in [1.29, 1.82) is 0 Å². The van der Waals surface area contributed by atoms with E-state index in [1.807, 2.05) is 31.7 Å². The van der Waals surface area contributed by atoms with E-state index in [-0.39, 0.29) is 5.91 Å². The lowest BCUT2D eigenvalue weighted by atomic mass is 10.2. The smallest absolute Gasteiger partial charge is 0.257 e. The predicted octanol–water partition coefficient (Wildman–Crippen LogP) is 1.71. The van der Waals surface area contributed by atoms with Gasteiger partial charge in [-0.2, -0.15) is 4.98 Å². The van der Waals surface area contributed by atoms with Gasteiger partial charge in [-0.1, -0.05) is 0 Å². The van der Waals surface area contributed by atoms with Crippen LogP contribution in [0.25, 0.3) is 0 Å². The molecule has 8 heteroatoms. The Hall–Kier alpha value is -2.61. The van der Waals surface area contributed by atoms with E-state index < -0.39 is 0 Å². The van der Waals surface area contributed by atoms with Gasteiger partial charge in [0, 0.05) is 64.1 Å². The van der Waals surface area contributed by atoms with Gasteiger partial charge >= 0.3 is 0 Å². The van der Waals surface area contributed by atoms with Crippen molar-refractivity contribution in [2.45, 2.75) is 20.8 Å². The minimum Gasteiger partial charge on any atom is -0.466 e. The number of hydrogen-bond donors (Lipinski definition) is 0. The summed E-state index contributed by atoms with van der Waals surface area (Å²) in [5.74, 6) is 3.27. The van der Waals surface area contributed by atoms with Crippen LogP contribution >= 0.6 is 0 Å². The standard InChI is InChI=1S/C21H30N6O2/c1-15-13-19(25-7-5-24(4)6-8-25)23-21(22-15)27-11-9-26(10-12-27)20(28)18-14-16(2)29-17(18)3/h13-14H,5-12H2,1-4H3. The van der Waals surface area contributed by atoms with Crippen LogP contribution in [0.3, 0.4) is 0 Å². The van der Waals surface area contributed by atoms with Gasteiger partial charge in [0.25, 0.3) is 5.91 Å². The van der Waals surface area contributed by atoms with Crippen LogP contribution in [0.5, 0.6) is 0 Å². The molecule has 0 unspecified atom stereocenters. The second-order valence-electron chi connectivity index (χ2n) is 8.06. The molecule has 29 heavy (non-hydrogen) atoms. The molecule has 2 aliphatic heterocycles. The Labute approximate surface area is 172 Å². The monoisotopic (exact) mass is 398 g/mol. The number of hydrogen-bond acceptors (Lipinski definition) is 7. The lowest BCUT2D eigenvalue weighted by Crippen LogP contribution is -2.49. The molecule has 8 nitrogen and oxygen atoms in total. The van der Waals surface area contributed by atoms with Crippen molar-refractivity contribution in [2.24, 2.45) is 0 Å². The van der Waals surface area contributed by atoms with Crippen LogP contribution < -0.4 is 9.80 Å². The Bertz CT molecular complexity index is 879. The molecular weight excluding hydrogens is 368 g/mol. The lowest BCUT2D eigenvalue weighted by Gasteiger charge is -2.36. The van der Waals surface area contributed by atoms with Gasteiger partial charge in [0.15, 0.2) is 0 Å². The summed E-state index contributed by atoms with van der Waals surface area (Å²) in [5, 5.41) is 0. The predicted molar refractivity (Wildman–Crippen MR) is 113 cm³/mol. The lowest BCUT2D eigenvalue weighted by molar-refractivity contribution is 0.0744. The highest BCUT2D eigenvalue weighted by Gasteiger charge is 2.26. The number of anilines is 2. The number of aryl methyl sites for hydroxylation is 3. The van der Waals surface area contributed by atoms with Gasteiger partial charge in [0.05, 0.1) is 5.56 Å². The van der Waals surface area contributed by atoms with E-state index in [1.54, 1.807) is 0 Å². The highest BCUT2D eigenvalue weighted by atomic mass is 16.3. The fraction of sp³-hybridized carbons (Fsp3) is 0.571. The minimum atomic E-state index is 0.0438. The van der Waals surface area contributed by atoms with Crippen molar-refractivity contribution in [3.8, 4) is 0 Å². The molecule has 0 aliphatic carbocycles. The maximum atomic E-state index is 12.8. The molecule has 2 saturated heterocycles. The van der Waals surface area contributed by atoms with Gasteiger partial charge in [-0.05, 0) is 33.9 Å². The van der Waals surface area contributed by atoms with E-state index >= 15 is 0 Å². The Morgan fingerprint density at radius 1 is 0.897 bits per heavy atom. The molecule has 1 amide bonds. The van der Waals surface area contributed by atoms with Crippen molar-refractivity contribution < 1.29 is 9.21 Å². The molecule has 2 aromatic rings. The van der Waals surface area contributed by atoms with Crippen LogP contribution in [0.1, 0.15) is 27.6 Å². The SMILES string of the molecule is Cc1cc(N2CCN(C)CC2)nc(N2CCN(C(=O)c3cc(C)oc3C)CC2)n1. The maximum absolute atomic E-state index is 12.8. The van der Waals surface area contributed by atoms with Crippen LogP contribution in [-0.2, 0) is 0 Å². The second-order valence-corrected chi connectivity index (χ2v) is 8.06. The first-order chi connectivity index (χ1) is 13.9. The zero-order chi connectivity index (χ0) is 20.5. The number of carbonyl (C=O) groups excluding carboxylic acids is 1. The minimum absolute atomic E-state index is 0.0438. The maximum Gasteiger partial charge on any atom is 0.257 e. The summed E-state index contributed by atoms with van der Waals surface area (Å²) in [6, 6.07) is 3.90. The third kappa shape index (κ3) is 4.22. The van der Waals surface area contributed by atoms with E-state index in [2.05, 4.69) is 32.8 Å². The Morgan fingerprint density at radius 3 is 2.17 bits per heavy atom. The molecule has 0 spiro atoms. The summed E-state index contributed by atoms with van der Waals surface area (Å²) in [7, 11) is 2.15. The van der Waals surface area contributed by atoms with Crippen LogP contribution in [0.2, 0.25) is 0 Å². The first-order valence-electron chi connectivity index (χ1n) is 10.3. The second kappa shape index (κ2) is 8.02. The highest BCUT2D eigenvalue weighted by molar-refractivity contribution is 5.95. The van der Waals surface area contributed by atoms with E-state index in [9.17, 15) is 4.79 Å². The number of aromatic nitrogens is 2. The van der Waals surface area contributed by atoms with Gasteiger partial charge in [0.2, 0.25) is 5.95 Å². The van der Waals surface area contributed by atoms with Crippen molar-refractivity contribution in [2.75, 3.05) is 69.2 Å². The number of furan rings is 1. The summed E-state index contributed by atoms with van der Waals surface area (Å²) in [6.07, 6.45) is 0. The molecule has 0 N–H and O–H groups in total. The average Bonchev–Trinajstić information content (AvgIpc) is 3.05.